The lowest BCUT2D eigenvalue weighted by Gasteiger charge is -2.02. The Morgan fingerprint density at radius 3 is 2.77 bits per heavy atom. The van der Waals surface area contributed by atoms with Crippen molar-refractivity contribution < 1.29 is 19.1 Å². The van der Waals surface area contributed by atoms with Crippen LogP contribution in [0.15, 0.2) is 35.2 Å². The maximum Gasteiger partial charge on any atom is 0.340 e. The summed E-state index contributed by atoms with van der Waals surface area (Å²) >= 11 is 1.40. The van der Waals surface area contributed by atoms with E-state index in [1.54, 1.807) is 33.3 Å². The van der Waals surface area contributed by atoms with Crippen LogP contribution < -0.4 is 4.74 Å². The summed E-state index contributed by atoms with van der Waals surface area (Å²) in [6.45, 7) is 5.29. The molecule has 2 heterocycles. The summed E-state index contributed by atoms with van der Waals surface area (Å²) in [6.07, 6.45) is 1.45. The fourth-order valence-electron chi connectivity index (χ4n) is 3.16. The summed E-state index contributed by atoms with van der Waals surface area (Å²) < 4.78 is 10.3. The fraction of sp³-hybridized carbons (Fsp3) is 0.217. The first-order valence-corrected chi connectivity index (χ1v) is 10.4. The number of Topliss-reactive ketones (excluding diaryl/α,β-unsaturated/α-hetero) is 1. The molecule has 7 nitrogen and oxygen atoms in total. The Labute approximate surface area is 184 Å². The van der Waals surface area contributed by atoms with Gasteiger partial charge < -0.3 is 14.5 Å². The van der Waals surface area contributed by atoms with Crippen molar-refractivity contribution in [1.29, 1.82) is 5.26 Å². The molecule has 0 saturated heterocycles. The van der Waals surface area contributed by atoms with Gasteiger partial charge in [0.25, 0.3) is 0 Å². The van der Waals surface area contributed by atoms with E-state index in [4.69, 9.17) is 9.47 Å². The molecule has 3 aromatic rings. The van der Waals surface area contributed by atoms with E-state index >= 15 is 0 Å². The number of methoxy groups -OCH3 is 1. The largest absolute Gasteiger partial charge is 0.497 e. The number of ether oxygens (including phenoxy) is 2. The lowest BCUT2D eigenvalue weighted by molar-refractivity contribution is 0.0525. The minimum Gasteiger partial charge on any atom is -0.497 e. The van der Waals surface area contributed by atoms with Gasteiger partial charge in [-0.05, 0) is 44.5 Å². The number of carbonyl (C=O) groups is 2. The number of hydrogen-bond acceptors (Lipinski definition) is 7. The summed E-state index contributed by atoms with van der Waals surface area (Å²) in [5.41, 5.74) is 2.78. The van der Waals surface area contributed by atoms with Crippen LogP contribution in [0.2, 0.25) is 0 Å². The van der Waals surface area contributed by atoms with Gasteiger partial charge in [0, 0.05) is 16.6 Å². The number of aryl methyl sites for hydroxylation is 1. The Kier molecular flexibility index (Phi) is 6.68. The number of H-pyrrole nitrogens is 1. The fourth-order valence-corrected chi connectivity index (χ4v) is 3.93. The number of ketones is 1. The minimum atomic E-state index is -0.505. The van der Waals surface area contributed by atoms with Crippen LogP contribution in [0.4, 0.5) is 0 Å². The highest BCUT2D eigenvalue weighted by Gasteiger charge is 2.25. The second-order valence-electron chi connectivity index (χ2n) is 6.65. The highest BCUT2D eigenvalue weighted by atomic mass is 32.1. The molecule has 0 saturated carbocycles. The lowest BCUT2D eigenvalue weighted by atomic mass is 10.0. The highest BCUT2D eigenvalue weighted by molar-refractivity contribution is 7.13. The van der Waals surface area contributed by atoms with Gasteiger partial charge in [-0.2, -0.15) is 5.26 Å². The highest BCUT2D eigenvalue weighted by Crippen LogP contribution is 2.28. The van der Waals surface area contributed by atoms with Gasteiger partial charge in [-0.25, -0.2) is 9.78 Å². The van der Waals surface area contributed by atoms with Crippen LogP contribution in [-0.4, -0.2) is 35.4 Å². The maximum atomic E-state index is 13.0. The molecular weight excluding hydrogens is 414 g/mol. The molecule has 31 heavy (non-hydrogen) atoms. The van der Waals surface area contributed by atoms with Gasteiger partial charge in [-0.15, -0.1) is 11.3 Å². The first-order chi connectivity index (χ1) is 14.9. The number of thiazole rings is 1. The van der Waals surface area contributed by atoms with E-state index < -0.39 is 11.8 Å². The standard InChI is InChI=1S/C23H21N3O4S/c1-5-30-23(28)19-13(2)20(25-14(19)3)21(27)16(11-24)9-17-12-31-22(26-17)15-7-6-8-18(10-15)29-4/h6-10,12,25H,5H2,1-4H3/b16-9+. The van der Waals surface area contributed by atoms with Gasteiger partial charge >= 0.3 is 5.97 Å². The van der Waals surface area contributed by atoms with E-state index in [2.05, 4.69) is 9.97 Å². The molecule has 1 aromatic carbocycles. The molecule has 158 valence electrons. The molecule has 0 aliphatic heterocycles. The van der Waals surface area contributed by atoms with E-state index in [0.29, 0.717) is 28.3 Å². The second-order valence-corrected chi connectivity index (χ2v) is 7.51. The second kappa shape index (κ2) is 9.41. The predicted octanol–water partition coefficient (Wildman–Crippen LogP) is 4.73. The third-order valence-electron chi connectivity index (χ3n) is 4.64. The zero-order valence-electron chi connectivity index (χ0n) is 17.6. The third-order valence-corrected chi connectivity index (χ3v) is 5.55. The summed E-state index contributed by atoms with van der Waals surface area (Å²) in [4.78, 5) is 32.6. The van der Waals surface area contributed by atoms with Crippen molar-refractivity contribution in [3.63, 3.8) is 0 Å². The average molecular weight is 436 g/mol. The van der Waals surface area contributed by atoms with Crippen molar-refractivity contribution >= 4 is 29.2 Å². The van der Waals surface area contributed by atoms with Crippen LogP contribution in [0, 0.1) is 25.2 Å². The number of esters is 1. The molecule has 1 N–H and O–H groups in total. The number of hydrogen-bond donors (Lipinski definition) is 1. The van der Waals surface area contributed by atoms with Crippen LogP contribution >= 0.6 is 11.3 Å². The number of aromatic nitrogens is 2. The molecule has 0 atom stereocenters. The minimum absolute atomic E-state index is 0.0812. The Bertz CT molecular complexity index is 1210. The summed E-state index contributed by atoms with van der Waals surface area (Å²) in [5.74, 6) is -0.292. The van der Waals surface area contributed by atoms with Crippen LogP contribution in [0.3, 0.4) is 0 Å². The SMILES string of the molecule is CCOC(=O)c1c(C)[nH]c(C(=O)/C(C#N)=C/c2csc(-c3cccc(OC)c3)n2)c1C. The molecule has 3 rings (SSSR count). The van der Waals surface area contributed by atoms with E-state index in [1.165, 1.54) is 17.4 Å². The zero-order valence-corrected chi connectivity index (χ0v) is 18.4. The summed E-state index contributed by atoms with van der Waals surface area (Å²) in [5, 5.41) is 12.1. The third kappa shape index (κ3) is 4.57. The first-order valence-electron chi connectivity index (χ1n) is 9.52. The van der Waals surface area contributed by atoms with Crippen molar-refractivity contribution in [3.05, 3.63) is 63.4 Å². The molecule has 8 heteroatoms. The van der Waals surface area contributed by atoms with E-state index in [0.717, 1.165) is 10.6 Å². The number of nitrogens with zero attached hydrogens (tertiary/aromatic N) is 2. The molecule has 0 spiro atoms. The van der Waals surface area contributed by atoms with Gasteiger partial charge in [0.05, 0.1) is 30.7 Å². The van der Waals surface area contributed by atoms with Gasteiger partial charge in [-0.3, -0.25) is 4.79 Å². The molecule has 0 radical (unpaired) electrons. The Hall–Kier alpha value is -3.70. The zero-order chi connectivity index (χ0) is 22.5. The molecular formula is C23H21N3O4S. The number of nitrogens with one attached hydrogen (secondary N) is 1. The molecule has 0 bridgehead atoms. The van der Waals surface area contributed by atoms with Crippen molar-refractivity contribution in [2.45, 2.75) is 20.8 Å². The number of carbonyl (C=O) groups excluding carboxylic acids is 2. The monoisotopic (exact) mass is 435 g/mol. The maximum absolute atomic E-state index is 13.0. The number of benzene rings is 1. The van der Waals surface area contributed by atoms with Crippen LogP contribution in [0.25, 0.3) is 16.6 Å². The lowest BCUT2D eigenvalue weighted by Crippen LogP contribution is -2.08. The van der Waals surface area contributed by atoms with Crippen LogP contribution in [0.5, 0.6) is 5.75 Å². The Morgan fingerprint density at radius 2 is 2.10 bits per heavy atom. The van der Waals surface area contributed by atoms with Gasteiger partial charge in [0.15, 0.2) is 0 Å². The van der Waals surface area contributed by atoms with E-state index in [-0.39, 0.29) is 17.9 Å². The van der Waals surface area contributed by atoms with Gasteiger partial charge in [0.1, 0.15) is 22.4 Å². The summed E-state index contributed by atoms with van der Waals surface area (Å²) in [7, 11) is 1.59. The quantitative estimate of drug-likeness (QED) is 0.249. The predicted molar refractivity (Wildman–Crippen MR) is 118 cm³/mol. The van der Waals surface area contributed by atoms with Crippen molar-refractivity contribution in [1.82, 2.24) is 9.97 Å². The van der Waals surface area contributed by atoms with Crippen molar-refractivity contribution in [2.75, 3.05) is 13.7 Å². The van der Waals surface area contributed by atoms with Crippen LogP contribution in [0.1, 0.15) is 44.7 Å². The van der Waals surface area contributed by atoms with E-state index in [9.17, 15) is 14.9 Å². The molecule has 0 fully saturated rings. The number of rotatable bonds is 7. The van der Waals surface area contributed by atoms with Gasteiger partial charge in [-0.1, -0.05) is 12.1 Å². The molecule has 0 aliphatic rings. The van der Waals surface area contributed by atoms with E-state index in [1.807, 2.05) is 30.3 Å². The Morgan fingerprint density at radius 1 is 1.32 bits per heavy atom. The molecule has 0 amide bonds. The Balaban J connectivity index is 1.92. The van der Waals surface area contributed by atoms with Crippen molar-refractivity contribution in [2.24, 2.45) is 0 Å². The van der Waals surface area contributed by atoms with Crippen LogP contribution in [-0.2, 0) is 4.74 Å². The molecule has 0 aliphatic carbocycles. The normalized spacial score (nSPS) is 11.1. The number of nitriles is 1. The van der Waals surface area contributed by atoms with Crippen molar-refractivity contribution in [3.8, 4) is 22.4 Å². The average Bonchev–Trinajstić information content (AvgIpc) is 3.35. The number of aromatic amines is 1. The topological polar surface area (TPSA) is 105 Å². The molecule has 0 unspecified atom stereocenters. The molecule has 2 aromatic heterocycles. The van der Waals surface area contributed by atoms with Gasteiger partial charge in [0.2, 0.25) is 5.78 Å². The number of allylic oxidation sites excluding steroid dienone is 1. The summed E-state index contributed by atoms with van der Waals surface area (Å²) in [6, 6.07) is 9.43. The first kappa shape index (κ1) is 22.0. The smallest absolute Gasteiger partial charge is 0.340 e.